The van der Waals surface area contributed by atoms with E-state index < -0.39 is 5.97 Å². The zero-order chi connectivity index (χ0) is 13.4. The molecule has 5 nitrogen and oxygen atoms in total. The molecule has 0 unspecified atom stereocenters. The van der Waals surface area contributed by atoms with E-state index in [2.05, 4.69) is 9.97 Å². The number of carboxylic acids is 1. The third kappa shape index (κ3) is 2.02. The number of aromatic carboxylic acids is 1. The Labute approximate surface area is 111 Å². The quantitative estimate of drug-likeness (QED) is 0.750. The number of thiazole rings is 1. The Kier molecular flexibility index (Phi) is 2.64. The second kappa shape index (κ2) is 4.33. The van der Waals surface area contributed by atoms with Crippen LogP contribution in [0.4, 0.5) is 0 Å². The van der Waals surface area contributed by atoms with Crippen molar-refractivity contribution in [1.29, 1.82) is 0 Å². The lowest BCUT2D eigenvalue weighted by atomic mass is 10.1. The second-order valence-electron chi connectivity index (χ2n) is 3.92. The van der Waals surface area contributed by atoms with Crippen molar-refractivity contribution in [3.8, 4) is 11.1 Å². The highest BCUT2D eigenvalue weighted by Gasteiger charge is 2.14. The van der Waals surface area contributed by atoms with Crippen molar-refractivity contribution in [2.45, 2.75) is 0 Å². The van der Waals surface area contributed by atoms with Crippen LogP contribution in [-0.2, 0) is 0 Å². The maximum atomic E-state index is 11.4. The average molecular weight is 272 g/mol. The normalized spacial score (nSPS) is 10.7. The molecule has 0 fully saturated rings. The van der Waals surface area contributed by atoms with Gasteiger partial charge in [0, 0.05) is 5.56 Å². The predicted molar refractivity (Wildman–Crippen MR) is 72.6 cm³/mol. The van der Waals surface area contributed by atoms with E-state index in [-0.39, 0.29) is 10.6 Å². The summed E-state index contributed by atoms with van der Waals surface area (Å²) in [7, 11) is 0. The molecule has 2 N–H and O–H groups in total. The topological polar surface area (TPSA) is 83.0 Å². The number of benzene rings is 1. The lowest BCUT2D eigenvalue weighted by molar-refractivity contribution is 0.0691. The van der Waals surface area contributed by atoms with Crippen molar-refractivity contribution in [1.82, 2.24) is 9.97 Å². The fourth-order valence-corrected chi connectivity index (χ4v) is 2.69. The average Bonchev–Trinajstić information content (AvgIpc) is 2.78. The van der Waals surface area contributed by atoms with Gasteiger partial charge in [0.1, 0.15) is 0 Å². The third-order valence-corrected chi connectivity index (χ3v) is 3.60. The van der Waals surface area contributed by atoms with Gasteiger partial charge in [-0.1, -0.05) is 41.7 Å². The Bertz CT molecular complexity index is 821. The third-order valence-electron chi connectivity index (χ3n) is 2.69. The van der Waals surface area contributed by atoms with Gasteiger partial charge in [-0.2, -0.15) is 0 Å². The minimum absolute atomic E-state index is 0.0830. The van der Waals surface area contributed by atoms with Crippen LogP contribution in [0.2, 0.25) is 0 Å². The maximum absolute atomic E-state index is 11.4. The summed E-state index contributed by atoms with van der Waals surface area (Å²) in [4.78, 5) is 28.8. The highest BCUT2D eigenvalue weighted by molar-refractivity contribution is 7.16. The number of fused-ring (bicyclic) bond motifs is 1. The molecular formula is C13H8N2O3S. The lowest BCUT2D eigenvalue weighted by Gasteiger charge is -2.04. The Balaban J connectivity index is 2.38. The van der Waals surface area contributed by atoms with E-state index >= 15 is 0 Å². The van der Waals surface area contributed by atoms with E-state index in [1.807, 2.05) is 30.3 Å². The molecule has 94 valence electrons. The summed E-state index contributed by atoms with van der Waals surface area (Å²) in [6.07, 6.45) is 0. The molecule has 0 spiro atoms. The minimum atomic E-state index is -1.12. The van der Waals surface area contributed by atoms with Crippen LogP contribution in [0, 0.1) is 0 Å². The number of hydrogen-bond acceptors (Lipinski definition) is 4. The van der Waals surface area contributed by atoms with Gasteiger partial charge in [0.25, 0.3) is 0 Å². The fourth-order valence-electron chi connectivity index (χ4n) is 1.88. The molecule has 0 amide bonds. The van der Waals surface area contributed by atoms with Gasteiger partial charge in [-0.3, -0.25) is 9.78 Å². The van der Waals surface area contributed by atoms with E-state index in [4.69, 9.17) is 5.11 Å². The molecule has 0 saturated heterocycles. The van der Waals surface area contributed by atoms with Gasteiger partial charge < -0.3 is 5.11 Å². The lowest BCUT2D eigenvalue weighted by Crippen LogP contribution is -2.01. The first-order valence-corrected chi connectivity index (χ1v) is 6.29. The first kappa shape index (κ1) is 11.6. The smallest absolute Gasteiger partial charge is 0.354 e. The fraction of sp³-hybridized carbons (Fsp3) is 0. The molecule has 3 rings (SSSR count). The van der Waals surface area contributed by atoms with Gasteiger partial charge in [0.2, 0.25) is 0 Å². The summed E-state index contributed by atoms with van der Waals surface area (Å²) in [5, 5.41) is 9.07. The summed E-state index contributed by atoms with van der Waals surface area (Å²) < 4.78 is 0.668. The predicted octanol–water partition coefficient (Wildman–Crippen LogP) is 2.35. The van der Waals surface area contributed by atoms with E-state index in [1.54, 1.807) is 0 Å². The van der Waals surface area contributed by atoms with E-state index in [0.717, 1.165) is 16.9 Å². The molecule has 0 radical (unpaired) electrons. The van der Waals surface area contributed by atoms with Gasteiger partial charge >= 0.3 is 10.8 Å². The number of carbonyl (C=O) groups is 1. The van der Waals surface area contributed by atoms with Gasteiger partial charge in [0.05, 0.1) is 4.70 Å². The highest BCUT2D eigenvalue weighted by Crippen LogP contribution is 2.29. The number of aromatic nitrogens is 2. The van der Waals surface area contributed by atoms with Crippen LogP contribution >= 0.6 is 11.3 Å². The van der Waals surface area contributed by atoms with Gasteiger partial charge in [-0.25, -0.2) is 9.78 Å². The highest BCUT2D eigenvalue weighted by atomic mass is 32.1. The molecule has 0 aliphatic carbocycles. The number of pyridine rings is 1. The van der Waals surface area contributed by atoms with Crippen molar-refractivity contribution >= 4 is 27.7 Å². The number of aromatic amines is 1. The van der Waals surface area contributed by atoms with Gasteiger partial charge in [-0.15, -0.1) is 0 Å². The number of nitrogens with one attached hydrogen (secondary N) is 1. The summed E-state index contributed by atoms with van der Waals surface area (Å²) in [6, 6.07) is 10.8. The van der Waals surface area contributed by atoms with Crippen molar-refractivity contribution in [2.75, 3.05) is 0 Å². The first-order valence-electron chi connectivity index (χ1n) is 5.48. The molecule has 0 saturated carbocycles. The Hall–Kier alpha value is -2.47. The molecule has 0 bridgehead atoms. The molecule has 2 aromatic heterocycles. The molecule has 0 aliphatic rings. The van der Waals surface area contributed by atoms with E-state index in [0.29, 0.717) is 15.9 Å². The van der Waals surface area contributed by atoms with Crippen LogP contribution in [0.3, 0.4) is 0 Å². The van der Waals surface area contributed by atoms with Crippen LogP contribution < -0.4 is 4.87 Å². The van der Waals surface area contributed by atoms with Crippen molar-refractivity contribution in [3.05, 3.63) is 51.8 Å². The number of rotatable bonds is 2. The van der Waals surface area contributed by atoms with Crippen molar-refractivity contribution < 1.29 is 9.90 Å². The van der Waals surface area contributed by atoms with Gasteiger partial charge in [0.15, 0.2) is 11.3 Å². The Morgan fingerprint density at radius 1 is 1.26 bits per heavy atom. The standard InChI is InChI=1S/C13H8N2O3S/c16-12(17)9-6-8(7-4-2-1-3-5-7)10-11(14-9)15-13(18)19-10/h1-6H,(H,16,17)(H,14,15,18). The first-order chi connectivity index (χ1) is 9.15. The molecular weight excluding hydrogens is 264 g/mol. The summed E-state index contributed by atoms with van der Waals surface area (Å²) >= 11 is 1.03. The van der Waals surface area contributed by atoms with Crippen molar-refractivity contribution in [2.24, 2.45) is 0 Å². The van der Waals surface area contributed by atoms with Crippen LogP contribution in [0.1, 0.15) is 10.5 Å². The molecule has 0 atom stereocenters. The van der Waals surface area contributed by atoms with Gasteiger partial charge in [-0.05, 0) is 11.6 Å². The number of hydrogen-bond donors (Lipinski definition) is 2. The number of nitrogens with zero attached hydrogens (tertiary/aromatic N) is 1. The monoisotopic (exact) mass is 272 g/mol. The molecule has 2 heterocycles. The molecule has 0 aliphatic heterocycles. The zero-order valence-electron chi connectivity index (χ0n) is 9.58. The van der Waals surface area contributed by atoms with E-state index in [1.165, 1.54) is 6.07 Å². The summed E-state index contributed by atoms with van der Waals surface area (Å²) in [6.45, 7) is 0. The molecule has 3 aromatic rings. The molecule has 1 aromatic carbocycles. The summed E-state index contributed by atoms with van der Waals surface area (Å²) in [5.74, 6) is -1.12. The maximum Gasteiger partial charge on any atom is 0.354 e. The van der Waals surface area contributed by atoms with Crippen LogP contribution in [-0.4, -0.2) is 21.0 Å². The van der Waals surface area contributed by atoms with Crippen molar-refractivity contribution in [3.63, 3.8) is 0 Å². The molecule has 19 heavy (non-hydrogen) atoms. The van der Waals surface area contributed by atoms with Crippen LogP contribution in [0.25, 0.3) is 21.5 Å². The minimum Gasteiger partial charge on any atom is -0.477 e. The van der Waals surface area contributed by atoms with Crippen LogP contribution in [0.15, 0.2) is 41.2 Å². The van der Waals surface area contributed by atoms with Crippen LogP contribution in [0.5, 0.6) is 0 Å². The number of carboxylic acid groups (broad SMARTS) is 1. The summed E-state index contributed by atoms with van der Waals surface area (Å²) in [5.41, 5.74) is 1.79. The number of H-pyrrole nitrogens is 1. The molecule has 6 heteroatoms. The zero-order valence-corrected chi connectivity index (χ0v) is 10.4. The Morgan fingerprint density at radius 3 is 2.68 bits per heavy atom. The van der Waals surface area contributed by atoms with E-state index in [9.17, 15) is 9.59 Å². The Morgan fingerprint density at radius 2 is 2.00 bits per heavy atom. The largest absolute Gasteiger partial charge is 0.477 e. The SMILES string of the molecule is O=C(O)c1cc(-c2ccccc2)c2sc(=O)[nH]c2n1. The second-order valence-corrected chi connectivity index (χ2v) is 4.90.